The average molecular weight is 240 g/mol. The summed E-state index contributed by atoms with van der Waals surface area (Å²) in [7, 11) is 0. The first-order chi connectivity index (χ1) is 7.16. The van der Waals surface area contributed by atoms with Crippen LogP contribution in [0.2, 0.25) is 5.02 Å². The van der Waals surface area contributed by atoms with Crippen LogP contribution in [-0.4, -0.2) is 14.8 Å². The molecule has 0 aliphatic heterocycles. The first kappa shape index (κ1) is 10.4. The molecule has 1 aromatic heterocycles. The topological polar surface area (TPSA) is 33.6 Å². The number of nitrogens with zero attached hydrogens (tertiary/aromatic N) is 2. The zero-order valence-corrected chi connectivity index (χ0v) is 9.77. The van der Waals surface area contributed by atoms with Crippen LogP contribution in [-0.2, 0) is 6.54 Å². The third kappa shape index (κ3) is 2.27. The van der Waals surface area contributed by atoms with Crippen molar-refractivity contribution in [3.63, 3.8) is 0 Å². The standard InChI is InChI=1S/C10H10ClN3S/c1-7-12-13-10(15)14(7)6-8-3-2-4-9(11)5-8/h2-5H,6H2,1H3,(H,13,15). The second-order valence-corrected chi connectivity index (χ2v) is 4.12. The van der Waals surface area contributed by atoms with Gasteiger partial charge in [0, 0.05) is 5.02 Å². The predicted molar refractivity (Wildman–Crippen MR) is 62.7 cm³/mol. The van der Waals surface area contributed by atoms with E-state index in [0.29, 0.717) is 11.3 Å². The lowest BCUT2D eigenvalue weighted by Gasteiger charge is -2.04. The van der Waals surface area contributed by atoms with Crippen LogP contribution in [0.1, 0.15) is 11.4 Å². The van der Waals surface area contributed by atoms with Crippen LogP contribution in [0.25, 0.3) is 0 Å². The van der Waals surface area contributed by atoms with Crippen molar-refractivity contribution >= 4 is 23.8 Å². The van der Waals surface area contributed by atoms with Gasteiger partial charge in [-0.3, -0.25) is 9.67 Å². The molecule has 0 amide bonds. The van der Waals surface area contributed by atoms with Gasteiger partial charge in [-0.2, -0.15) is 5.10 Å². The van der Waals surface area contributed by atoms with E-state index in [4.69, 9.17) is 23.8 Å². The average Bonchev–Trinajstić information content (AvgIpc) is 2.50. The number of hydrogen-bond donors (Lipinski definition) is 1. The minimum atomic E-state index is 0.632. The van der Waals surface area contributed by atoms with Crippen molar-refractivity contribution in [3.05, 3.63) is 45.4 Å². The molecule has 1 N–H and O–H groups in total. The van der Waals surface area contributed by atoms with Crippen molar-refractivity contribution < 1.29 is 0 Å². The van der Waals surface area contributed by atoms with E-state index in [9.17, 15) is 0 Å². The lowest BCUT2D eigenvalue weighted by molar-refractivity contribution is 0.751. The molecule has 0 aliphatic carbocycles. The smallest absolute Gasteiger partial charge is 0.195 e. The van der Waals surface area contributed by atoms with Crippen molar-refractivity contribution in [1.29, 1.82) is 0 Å². The number of halogens is 1. The first-order valence-electron chi connectivity index (χ1n) is 4.53. The summed E-state index contributed by atoms with van der Waals surface area (Å²) < 4.78 is 2.56. The van der Waals surface area contributed by atoms with E-state index in [2.05, 4.69) is 10.2 Å². The van der Waals surface area contributed by atoms with Crippen LogP contribution in [0.3, 0.4) is 0 Å². The Morgan fingerprint density at radius 1 is 1.53 bits per heavy atom. The monoisotopic (exact) mass is 239 g/mol. The number of hydrogen-bond acceptors (Lipinski definition) is 2. The van der Waals surface area contributed by atoms with Gasteiger partial charge < -0.3 is 0 Å². The normalized spacial score (nSPS) is 10.5. The van der Waals surface area contributed by atoms with Crippen LogP contribution in [0.4, 0.5) is 0 Å². The fourth-order valence-corrected chi connectivity index (χ4v) is 1.86. The van der Waals surface area contributed by atoms with Gasteiger partial charge in [-0.1, -0.05) is 23.7 Å². The highest BCUT2D eigenvalue weighted by molar-refractivity contribution is 7.71. The summed E-state index contributed by atoms with van der Waals surface area (Å²) in [5, 5.41) is 7.54. The third-order valence-electron chi connectivity index (χ3n) is 2.18. The summed E-state index contributed by atoms with van der Waals surface area (Å²) in [6.45, 7) is 2.61. The number of aromatic nitrogens is 3. The molecule has 5 heteroatoms. The Bertz CT molecular complexity index is 529. The van der Waals surface area contributed by atoms with Gasteiger partial charge in [0.1, 0.15) is 5.82 Å². The lowest BCUT2D eigenvalue weighted by atomic mass is 10.2. The molecule has 0 bridgehead atoms. The molecule has 2 aromatic rings. The zero-order valence-electron chi connectivity index (χ0n) is 8.20. The predicted octanol–water partition coefficient (Wildman–Crippen LogP) is 2.95. The Morgan fingerprint density at radius 3 is 2.93 bits per heavy atom. The van der Waals surface area contributed by atoms with Crippen molar-refractivity contribution in [3.8, 4) is 0 Å². The van der Waals surface area contributed by atoms with Gasteiger partial charge in [0.25, 0.3) is 0 Å². The summed E-state index contributed by atoms with van der Waals surface area (Å²) in [6.07, 6.45) is 0. The summed E-state index contributed by atoms with van der Waals surface area (Å²) in [5.41, 5.74) is 1.11. The molecule has 0 radical (unpaired) electrons. The summed E-state index contributed by atoms with van der Waals surface area (Å²) >= 11 is 11.0. The minimum absolute atomic E-state index is 0.632. The van der Waals surface area contributed by atoms with Gasteiger partial charge in [0.2, 0.25) is 0 Å². The quantitative estimate of drug-likeness (QED) is 0.818. The largest absolute Gasteiger partial charge is 0.300 e. The molecule has 0 fully saturated rings. The molecule has 0 spiro atoms. The highest BCUT2D eigenvalue weighted by Gasteiger charge is 2.02. The highest BCUT2D eigenvalue weighted by atomic mass is 35.5. The van der Waals surface area contributed by atoms with E-state index in [0.717, 1.165) is 16.4 Å². The zero-order chi connectivity index (χ0) is 10.8. The Hall–Kier alpha value is -1.13. The van der Waals surface area contributed by atoms with Gasteiger partial charge in [-0.15, -0.1) is 0 Å². The Labute approximate surface area is 97.7 Å². The molecule has 78 valence electrons. The molecular formula is C10H10ClN3S. The highest BCUT2D eigenvalue weighted by Crippen LogP contribution is 2.12. The van der Waals surface area contributed by atoms with Crippen LogP contribution in [0.5, 0.6) is 0 Å². The van der Waals surface area contributed by atoms with E-state index in [1.807, 2.05) is 35.8 Å². The molecule has 3 nitrogen and oxygen atoms in total. The van der Waals surface area contributed by atoms with E-state index < -0.39 is 0 Å². The van der Waals surface area contributed by atoms with Crippen LogP contribution in [0.15, 0.2) is 24.3 Å². The molecule has 0 saturated heterocycles. The van der Waals surface area contributed by atoms with E-state index in [1.54, 1.807) is 0 Å². The molecule has 1 heterocycles. The van der Waals surface area contributed by atoms with Crippen molar-refractivity contribution in [2.45, 2.75) is 13.5 Å². The number of aromatic amines is 1. The van der Waals surface area contributed by atoms with E-state index in [-0.39, 0.29) is 0 Å². The van der Waals surface area contributed by atoms with Gasteiger partial charge in [-0.25, -0.2) is 0 Å². The Morgan fingerprint density at radius 2 is 2.33 bits per heavy atom. The molecule has 15 heavy (non-hydrogen) atoms. The van der Waals surface area contributed by atoms with Gasteiger partial charge in [0.05, 0.1) is 6.54 Å². The molecule has 2 rings (SSSR count). The van der Waals surface area contributed by atoms with E-state index in [1.165, 1.54) is 0 Å². The first-order valence-corrected chi connectivity index (χ1v) is 5.31. The summed E-state index contributed by atoms with van der Waals surface area (Å²) in [5.74, 6) is 0.875. The number of H-pyrrole nitrogens is 1. The maximum absolute atomic E-state index is 5.91. The second-order valence-electron chi connectivity index (χ2n) is 3.29. The number of rotatable bonds is 2. The molecule has 1 aromatic carbocycles. The van der Waals surface area contributed by atoms with E-state index >= 15 is 0 Å². The van der Waals surface area contributed by atoms with Crippen molar-refractivity contribution in [2.24, 2.45) is 0 Å². The van der Waals surface area contributed by atoms with Crippen LogP contribution >= 0.6 is 23.8 Å². The SMILES string of the molecule is Cc1n[nH]c(=S)n1Cc1cccc(Cl)c1. The maximum Gasteiger partial charge on any atom is 0.195 e. The van der Waals surface area contributed by atoms with Crippen molar-refractivity contribution in [1.82, 2.24) is 14.8 Å². The summed E-state index contributed by atoms with van der Waals surface area (Å²) in [6, 6.07) is 7.72. The maximum atomic E-state index is 5.91. The molecule has 0 unspecified atom stereocenters. The summed E-state index contributed by atoms with van der Waals surface area (Å²) in [4.78, 5) is 0. The van der Waals surface area contributed by atoms with Crippen LogP contribution in [0, 0.1) is 11.7 Å². The third-order valence-corrected chi connectivity index (χ3v) is 2.73. The molecule has 0 aliphatic rings. The number of nitrogens with one attached hydrogen (secondary N) is 1. The van der Waals surface area contributed by atoms with Crippen molar-refractivity contribution in [2.75, 3.05) is 0 Å². The number of aryl methyl sites for hydroxylation is 1. The minimum Gasteiger partial charge on any atom is -0.300 e. The molecule has 0 atom stereocenters. The fraction of sp³-hybridized carbons (Fsp3) is 0.200. The fourth-order valence-electron chi connectivity index (χ4n) is 1.40. The number of benzene rings is 1. The lowest BCUT2D eigenvalue weighted by Crippen LogP contribution is -2.01. The molecular weight excluding hydrogens is 230 g/mol. The van der Waals surface area contributed by atoms with Gasteiger partial charge in [-0.05, 0) is 36.8 Å². The Balaban J connectivity index is 2.33. The Kier molecular flexibility index (Phi) is 2.88. The van der Waals surface area contributed by atoms with Gasteiger partial charge in [0.15, 0.2) is 4.77 Å². The van der Waals surface area contributed by atoms with Crippen LogP contribution < -0.4 is 0 Å². The van der Waals surface area contributed by atoms with Gasteiger partial charge >= 0.3 is 0 Å². The second kappa shape index (κ2) is 4.16. The molecule has 0 saturated carbocycles.